The van der Waals surface area contributed by atoms with Gasteiger partial charge < -0.3 is 15.8 Å². The van der Waals surface area contributed by atoms with E-state index in [0.717, 1.165) is 57.4 Å². The average molecular weight is 455 g/mol. The third-order valence-corrected chi connectivity index (χ3v) is 7.24. The summed E-state index contributed by atoms with van der Waals surface area (Å²) < 4.78 is 7.43. The minimum Gasteiger partial charge on any atom is -0.496 e. The molecule has 0 radical (unpaired) electrons. The van der Waals surface area contributed by atoms with Crippen LogP contribution in [0.3, 0.4) is 0 Å². The third kappa shape index (κ3) is 3.65. The number of nitrogens with two attached hydrogens (primary N) is 1. The van der Waals surface area contributed by atoms with Crippen molar-refractivity contribution in [3.63, 3.8) is 0 Å². The molecular weight excluding hydrogens is 428 g/mol. The number of hydrogen-bond acceptors (Lipinski definition) is 9. The lowest BCUT2D eigenvalue weighted by molar-refractivity contribution is -0.124. The Balaban J connectivity index is 1.54. The van der Waals surface area contributed by atoms with Crippen molar-refractivity contribution >= 4 is 34.7 Å². The number of aromatic nitrogens is 5. The molecule has 0 saturated carbocycles. The summed E-state index contributed by atoms with van der Waals surface area (Å²) in [6, 6.07) is 0.187. The van der Waals surface area contributed by atoms with E-state index in [0.29, 0.717) is 25.3 Å². The Bertz CT molecular complexity index is 1210. The molecule has 0 spiro atoms. The standard InChI is InChI=1S/C21H26N8O2S/c1-11-7-24-15(12(2)18(11)31-3)8-29-19-17-14(27-29)6-13(28-5-4-23-16(30)9-28)10-32-20(17)26-21(22)25-19/h7,13H,4-6,8-10H2,1-3H3,(H,23,30)(H2,22,25,26). The molecule has 1 fully saturated rings. The summed E-state index contributed by atoms with van der Waals surface area (Å²) in [6.07, 6.45) is 2.55. The summed E-state index contributed by atoms with van der Waals surface area (Å²) in [4.78, 5) is 27.8. The first-order valence-electron chi connectivity index (χ1n) is 10.6. The molecule has 168 valence electrons. The number of carbonyl (C=O) groups excluding carboxylic acids is 1. The zero-order valence-electron chi connectivity index (χ0n) is 18.4. The molecule has 0 bridgehead atoms. The van der Waals surface area contributed by atoms with Crippen LogP contribution in [0.5, 0.6) is 5.75 Å². The molecular formula is C21H26N8O2S. The maximum atomic E-state index is 11.9. The Hall–Kier alpha value is -2.92. The molecule has 2 aliphatic heterocycles. The van der Waals surface area contributed by atoms with Crippen LogP contribution in [0.2, 0.25) is 0 Å². The van der Waals surface area contributed by atoms with Gasteiger partial charge in [-0.1, -0.05) is 0 Å². The lowest BCUT2D eigenvalue weighted by Crippen LogP contribution is -2.52. The molecule has 11 heteroatoms. The van der Waals surface area contributed by atoms with Crippen molar-refractivity contribution in [2.24, 2.45) is 0 Å². The number of amides is 1. The highest BCUT2D eigenvalue weighted by Gasteiger charge is 2.31. The highest BCUT2D eigenvalue weighted by Crippen LogP contribution is 2.35. The first-order valence-corrected chi connectivity index (χ1v) is 11.6. The number of nitrogens with one attached hydrogen (secondary N) is 1. The molecule has 0 aliphatic carbocycles. The number of methoxy groups -OCH3 is 1. The fraction of sp³-hybridized carbons (Fsp3) is 0.476. The van der Waals surface area contributed by atoms with Gasteiger partial charge in [0.05, 0.1) is 37.0 Å². The summed E-state index contributed by atoms with van der Waals surface area (Å²) in [5.41, 5.74) is 10.6. The monoisotopic (exact) mass is 454 g/mol. The fourth-order valence-corrected chi connectivity index (χ4v) is 5.71. The summed E-state index contributed by atoms with van der Waals surface area (Å²) >= 11 is 1.66. The van der Waals surface area contributed by atoms with Gasteiger partial charge in [0.15, 0.2) is 5.65 Å². The normalized spacial score (nSPS) is 19.1. The topological polar surface area (TPSA) is 124 Å². The van der Waals surface area contributed by atoms with Crippen molar-refractivity contribution in [2.45, 2.75) is 37.9 Å². The first-order chi connectivity index (χ1) is 15.4. The van der Waals surface area contributed by atoms with Crippen LogP contribution >= 0.6 is 11.8 Å². The predicted molar refractivity (Wildman–Crippen MR) is 122 cm³/mol. The van der Waals surface area contributed by atoms with Crippen LogP contribution in [0.1, 0.15) is 22.5 Å². The van der Waals surface area contributed by atoms with Crippen molar-refractivity contribution in [2.75, 3.05) is 38.2 Å². The molecule has 0 aromatic carbocycles. The second-order valence-electron chi connectivity index (χ2n) is 8.23. The zero-order chi connectivity index (χ0) is 22.4. The molecule has 1 amide bonds. The predicted octanol–water partition coefficient (Wildman–Crippen LogP) is 0.926. The maximum Gasteiger partial charge on any atom is 0.234 e. The molecule has 3 aromatic heterocycles. The molecule has 3 aromatic rings. The Labute approximate surface area is 189 Å². The fourth-order valence-electron chi connectivity index (χ4n) is 4.52. The van der Waals surface area contributed by atoms with Gasteiger partial charge >= 0.3 is 0 Å². The second kappa shape index (κ2) is 8.21. The van der Waals surface area contributed by atoms with Crippen LogP contribution in [0.4, 0.5) is 5.95 Å². The van der Waals surface area contributed by atoms with Crippen LogP contribution in [0.15, 0.2) is 11.2 Å². The molecule has 10 nitrogen and oxygen atoms in total. The van der Waals surface area contributed by atoms with E-state index in [1.165, 1.54) is 0 Å². The van der Waals surface area contributed by atoms with Gasteiger partial charge in [0.1, 0.15) is 10.8 Å². The molecule has 5 heterocycles. The van der Waals surface area contributed by atoms with E-state index in [2.05, 4.69) is 25.2 Å². The van der Waals surface area contributed by atoms with Gasteiger partial charge in [-0.2, -0.15) is 10.1 Å². The number of pyridine rings is 1. The largest absolute Gasteiger partial charge is 0.496 e. The Kier molecular flexibility index (Phi) is 5.38. The number of aryl methyl sites for hydroxylation is 1. The minimum atomic E-state index is 0.0672. The lowest BCUT2D eigenvalue weighted by Gasteiger charge is -2.33. The van der Waals surface area contributed by atoms with Crippen molar-refractivity contribution in [3.05, 3.63) is 28.7 Å². The average Bonchev–Trinajstić information content (AvgIpc) is 2.98. The van der Waals surface area contributed by atoms with Gasteiger partial charge in [-0.15, -0.1) is 11.8 Å². The van der Waals surface area contributed by atoms with Crippen molar-refractivity contribution < 1.29 is 9.53 Å². The number of nitrogen functional groups attached to an aromatic ring is 1. The van der Waals surface area contributed by atoms with E-state index in [9.17, 15) is 4.79 Å². The number of hydrogen-bond donors (Lipinski definition) is 2. The van der Waals surface area contributed by atoms with E-state index in [1.54, 1.807) is 18.9 Å². The molecule has 2 aliphatic rings. The number of rotatable bonds is 4. The van der Waals surface area contributed by atoms with Crippen LogP contribution in [0.25, 0.3) is 11.0 Å². The molecule has 1 unspecified atom stereocenters. The van der Waals surface area contributed by atoms with Gasteiger partial charge in [0, 0.05) is 48.6 Å². The first kappa shape index (κ1) is 21.0. The number of piperazine rings is 1. The highest BCUT2D eigenvalue weighted by atomic mass is 32.2. The molecule has 1 saturated heterocycles. The van der Waals surface area contributed by atoms with Crippen molar-refractivity contribution in [1.29, 1.82) is 0 Å². The SMILES string of the molecule is COc1c(C)cnc(Cn2nc3c4c(nc(N)nc42)SCC(N2CCNC(=O)C2)C3)c1C. The quantitative estimate of drug-likeness (QED) is 0.554. The van der Waals surface area contributed by atoms with E-state index in [4.69, 9.17) is 15.6 Å². The summed E-state index contributed by atoms with van der Waals surface area (Å²) in [6.45, 7) is 6.35. The van der Waals surface area contributed by atoms with Crippen LogP contribution in [-0.2, 0) is 17.8 Å². The number of anilines is 1. The summed E-state index contributed by atoms with van der Waals surface area (Å²) in [5.74, 6) is 1.96. The smallest absolute Gasteiger partial charge is 0.234 e. The maximum absolute atomic E-state index is 11.9. The molecule has 5 rings (SSSR count). The number of nitrogens with zero attached hydrogens (tertiary/aromatic N) is 6. The van der Waals surface area contributed by atoms with Gasteiger partial charge in [-0.25, -0.2) is 9.67 Å². The Morgan fingerprint density at radius 1 is 1.34 bits per heavy atom. The van der Waals surface area contributed by atoms with E-state index >= 15 is 0 Å². The summed E-state index contributed by atoms with van der Waals surface area (Å²) in [5, 5.41) is 9.63. The van der Waals surface area contributed by atoms with Gasteiger partial charge in [0.2, 0.25) is 11.9 Å². The van der Waals surface area contributed by atoms with Crippen LogP contribution in [0, 0.1) is 13.8 Å². The third-order valence-electron chi connectivity index (χ3n) is 6.12. The zero-order valence-corrected chi connectivity index (χ0v) is 19.2. The number of carbonyl (C=O) groups is 1. The molecule has 3 N–H and O–H groups in total. The van der Waals surface area contributed by atoms with Crippen LogP contribution in [-0.4, -0.2) is 74.1 Å². The van der Waals surface area contributed by atoms with Crippen LogP contribution < -0.4 is 15.8 Å². The highest BCUT2D eigenvalue weighted by molar-refractivity contribution is 7.99. The van der Waals surface area contributed by atoms with Gasteiger partial charge in [-0.3, -0.25) is 14.7 Å². The number of ether oxygens (including phenoxy) is 1. The van der Waals surface area contributed by atoms with Gasteiger partial charge in [-0.05, 0) is 13.8 Å². The number of thioether (sulfide) groups is 1. The van der Waals surface area contributed by atoms with E-state index in [1.807, 2.05) is 24.7 Å². The molecule has 1 atom stereocenters. The van der Waals surface area contributed by atoms with E-state index in [-0.39, 0.29) is 17.9 Å². The Morgan fingerprint density at radius 2 is 2.19 bits per heavy atom. The summed E-state index contributed by atoms with van der Waals surface area (Å²) in [7, 11) is 1.67. The Morgan fingerprint density at radius 3 is 2.97 bits per heavy atom. The van der Waals surface area contributed by atoms with Crippen molar-refractivity contribution in [1.82, 2.24) is 34.9 Å². The van der Waals surface area contributed by atoms with Crippen molar-refractivity contribution in [3.8, 4) is 5.75 Å². The second-order valence-corrected chi connectivity index (χ2v) is 9.23. The van der Waals surface area contributed by atoms with Gasteiger partial charge in [0.25, 0.3) is 0 Å². The molecule has 32 heavy (non-hydrogen) atoms. The minimum absolute atomic E-state index is 0.0672. The van der Waals surface area contributed by atoms with E-state index < -0.39 is 0 Å². The lowest BCUT2D eigenvalue weighted by atomic mass is 10.1.